The summed E-state index contributed by atoms with van der Waals surface area (Å²) < 4.78 is 11.7. The molecule has 3 heteroatoms. The van der Waals surface area contributed by atoms with E-state index in [2.05, 4.69) is 26.0 Å². The van der Waals surface area contributed by atoms with Crippen LogP contribution in [-0.4, -0.2) is 17.0 Å². The molecule has 2 aromatic carbocycles. The smallest absolute Gasteiger partial charge is 0.197 e. The zero-order valence-corrected chi connectivity index (χ0v) is 17.5. The zero-order valence-electron chi connectivity index (χ0n) is 17.5. The number of hydrogen-bond acceptors (Lipinski definition) is 3. The molecule has 0 saturated carbocycles. The van der Waals surface area contributed by atoms with E-state index in [1.165, 1.54) is 5.56 Å². The molecule has 0 radical (unpaired) electrons. The summed E-state index contributed by atoms with van der Waals surface area (Å²) in [4.78, 5) is 0. The highest BCUT2D eigenvalue weighted by atomic mass is 16.7. The average molecular weight is 371 g/mol. The molecule has 0 bridgehead atoms. The minimum absolute atomic E-state index is 0.230. The van der Waals surface area contributed by atoms with Crippen LogP contribution in [0, 0.1) is 0 Å². The van der Waals surface area contributed by atoms with Crippen molar-refractivity contribution in [2.75, 3.05) is 0 Å². The van der Waals surface area contributed by atoms with Crippen molar-refractivity contribution in [2.24, 2.45) is 0 Å². The molecule has 2 rings (SSSR count). The third-order valence-corrected chi connectivity index (χ3v) is 4.77. The molecule has 0 aliphatic carbocycles. The lowest BCUT2D eigenvalue weighted by atomic mass is 9.84. The maximum atomic E-state index is 10.1. The van der Waals surface area contributed by atoms with Gasteiger partial charge < -0.3 is 14.6 Å². The first-order valence-electron chi connectivity index (χ1n) is 9.92. The highest BCUT2D eigenvalue weighted by molar-refractivity contribution is 5.35. The van der Waals surface area contributed by atoms with E-state index in [-0.39, 0.29) is 11.9 Å². The first kappa shape index (κ1) is 21.3. The van der Waals surface area contributed by atoms with Gasteiger partial charge in [0.25, 0.3) is 0 Å². The van der Waals surface area contributed by atoms with Crippen molar-refractivity contribution in [3.63, 3.8) is 0 Å². The first-order chi connectivity index (χ1) is 12.7. The van der Waals surface area contributed by atoms with Crippen molar-refractivity contribution in [1.29, 1.82) is 0 Å². The van der Waals surface area contributed by atoms with Crippen LogP contribution in [0.5, 0.6) is 11.5 Å². The van der Waals surface area contributed by atoms with Crippen molar-refractivity contribution >= 4 is 0 Å². The summed E-state index contributed by atoms with van der Waals surface area (Å²) in [6, 6.07) is 16.0. The van der Waals surface area contributed by atoms with Crippen molar-refractivity contribution in [1.82, 2.24) is 0 Å². The van der Waals surface area contributed by atoms with Crippen LogP contribution in [0.25, 0.3) is 0 Å². The monoisotopic (exact) mass is 370 g/mol. The molecule has 0 amide bonds. The number of ether oxygens (including phenoxy) is 2. The van der Waals surface area contributed by atoms with Gasteiger partial charge in [0.05, 0.1) is 5.60 Å². The van der Waals surface area contributed by atoms with E-state index in [0.717, 1.165) is 24.2 Å². The lowest BCUT2D eigenvalue weighted by molar-refractivity contribution is -0.140. The molecule has 0 aromatic heterocycles. The molecule has 3 nitrogen and oxygen atoms in total. The largest absolute Gasteiger partial charge is 0.508 e. The SMILES string of the molecule is CCC(CC(C)c1ccccc1O)c1ccc(OC(C)OC(C)(C)C)cc1. The highest BCUT2D eigenvalue weighted by Gasteiger charge is 2.18. The molecule has 27 heavy (non-hydrogen) atoms. The lowest BCUT2D eigenvalue weighted by Crippen LogP contribution is -2.29. The second-order valence-electron chi connectivity index (χ2n) is 8.29. The quantitative estimate of drug-likeness (QED) is 0.531. The molecule has 2 aromatic rings. The van der Waals surface area contributed by atoms with Gasteiger partial charge in [0.2, 0.25) is 0 Å². The number of benzene rings is 2. The van der Waals surface area contributed by atoms with Gasteiger partial charge in [0.15, 0.2) is 6.29 Å². The van der Waals surface area contributed by atoms with E-state index in [1.54, 1.807) is 6.07 Å². The average Bonchev–Trinajstić information content (AvgIpc) is 2.59. The first-order valence-corrected chi connectivity index (χ1v) is 9.92. The van der Waals surface area contributed by atoms with Crippen LogP contribution in [0.4, 0.5) is 0 Å². The minimum atomic E-state index is -0.293. The molecule has 3 unspecified atom stereocenters. The van der Waals surface area contributed by atoms with Crippen LogP contribution >= 0.6 is 0 Å². The number of phenolic OH excluding ortho intramolecular Hbond substituents is 1. The van der Waals surface area contributed by atoms with Crippen molar-refractivity contribution < 1.29 is 14.6 Å². The molecule has 148 valence electrons. The summed E-state index contributed by atoms with van der Waals surface area (Å²) in [5.41, 5.74) is 2.09. The van der Waals surface area contributed by atoms with Crippen molar-refractivity contribution in [3.8, 4) is 11.5 Å². The topological polar surface area (TPSA) is 38.7 Å². The van der Waals surface area contributed by atoms with Gasteiger partial charge in [-0.3, -0.25) is 0 Å². The van der Waals surface area contributed by atoms with E-state index >= 15 is 0 Å². The predicted molar refractivity (Wildman–Crippen MR) is 112 cm³/mol. The number of hydrogen-bond donors (Lipinski definition) is 1. The van der Waals surface area contributed by atoms with Gasteiger partial charge in [-0.1, -0.05) is 44.2 Å². The van der Waals surface area contributed by atoms with Gasteiger partial charge in [-0.2, -0.15) is 0 Å². The van der Waals surface area contributed by atoms with E-state index in [0.29, 0.717) is 17.6 Å². The van der Waals surface area contributed by atoms with Gasteiger partial charge in [-0.15, -0.1) is 0 Å². The maximum Gasteiger partial charge on any atom is 0.197 e. The molecule has 0 spiro atoms. The fourth-order valence-electron chi connectivity index (χ4n) is 3.53. The Bertz CT molecular complexity index is 700. The van der Waals surface area contributed by atoms with E-state index < -0.39 is 0 Å². The third-order valence-electron chi connectivity index (χ3n) is 4.77. The number of phenols is 1. The van der Waals surface area contributed by atoms with E-state index in [1.807, 2.05) is 58.0 Å². The Labute approximate surface area is 164 Å². The summed E-state index contributed by atoms with van der Waals surface area (Å²) in [6.45, 7) is 12.4. The zero-order chi connectivity index (χ0) is 20.0. The van der Waals surface area contributed by atoms with Gasteiger partial charge in [0.1, 0.15) is 11.5 Å². The van der Waals surface area contributed by atoms with Gasteiger partial charge in [-0.05, 0) is 81.7 Å². The summed E-state index contributed by atoms with van der Waals surface area (Å²) >= 11 is 0. The van der Waals surface area contributed by atoms with Crippen LogP contribution in [-0.2, 0) is 4.74 Å². The fraction of sp³-hybridized carbons (Fsp3) is 0.500. The van der Waals surface area contributed by atoms with Crippen LogP contribution in [0.15, 0.2) is 48.5 Å². The Morgan fingerprint density at radius 3 is 2.15 bits per heavy atom. The van der Waals surface area contributed by atoms with Gasteiger partial charge in [0, 0.05) is 0 Å². The van der Waals surface area contributed by atoms with Gasteiger partial charge in [-0.25, -0.2) is 0 Å². The number of aromatic hydroxyl groups is 1. The Morgan fingerprint density at radius 2 is 1.59 bits per heavy atom. The molecule has 0 fully saturated rings. The molecule has 0 aliphatic rings. The van der Waals surface area contributed by atoms with Crippen molar-refractivity contribution in [2.45, 2.75) is 78.1 Å². The Balaban J connectivity index is 2.02. The second-order valence-corrected chi connectivity index (χ2v) is 8.29. The van der Waals surface area contributed by atoms with Crippen LogP contribution < -0.4 is 4.74 Å². The summed E-state index contributed by atoms with van der Waals surface area (Å²) in [7, 11) is 0. The van der Waals surface area contributed by atoms with Crippen molar-refractivity contribution in [3.05, 3.63) is 59.7 Å². The molecule has 0 saturated heterocycles. The van der Waals surface area contributed by atoms with Crippen LogP contribution in [0.1, 0.15) is 77.3 Å². The fourth-order valence-corrected chi connectivity index (χ4v) is 3.53. The Morgan fingerprint density at radius 1 is 0.963 bits per heavy atom. The molecular weight excluding hydrogens is 336 g/mol. The van der Waals surface area contributed by atoms with E-state index in [9.17, 15) is 5.11 Å². The van der Waals surface area contributed by atoms with E-state index in [4.69, 9.17) is 9.47 Å². The Kier molecular flexibility index (Phi) is 7.32. The molecule has 3 atom stereocenters. The summed E-state index contributed by atoms with van der Waals surface area (Å²) in [6.07, 6.45) is 1.76. The van der Waals surface area contributed by atoms with Crippen LogP contribution in [0.2, 0.25) is 0 Å². The predicted octanol–water partition coefficient (Wildman–Crippen LogP) is 6.62. The second kappa shape index (κ2) is 9.27. The summed E-state index contributed by atoms with van der Waals surface area (Å²) in [5.74, 6) is 1.94. The number of para-hydroxylation sites is 1. The summed E-state index contributed by atoms with van der Waals surface area (Å²) in [5, 5.41) is 10.1. The van der Waals surface area contributed by atoms with Crippen LogP contribution in [0.3, 0.4) is 0 Å². The standard InChI is InChI=1S/C24H34O3/c1-7-19(16-17(2)22-10-8-9-11-23(22)25)20-12-14-21(15-13-20)26-18(3)27-24(4,5)6/h8-15,17-19,25H,7,16H2,1-6H3. The lowest BCUT2D eigenvalue weighted by Gasteiger charge is -2.25. The Hall–Kier alpha value is -2.00. The molecule has 0 aliphatic heterocycles. The molecule has 0 heterocycles. The van der Waals surface area contributed by atoms with Gasteiger partial charge >= 0.3 is 0 Å². The molecule has 1 N–H and O–H groups in total. The molecular formula is C24H34O3. The highest BCUT2D eigenvalue weighted by Crippen LogP contribution is 2.35. The minimum Gasteiger partial charge on any atom is -0.508 e. The third kappa shape index (κ3) is 6.59. The normalized spacial score (nSPS) is 15.2. The maximum absolute atomic E-state index is 10.1. The number of rotatable bonds is 8.